The van der Waals surface area contributed by atoms with Crippen molar-refractivity contribution in [3.05, 3.63) is 131 Å². The predicted octanol–water partition coefficient (Wildman–Crippen LogP) is 14.4. The molecular formula is C44H52Cl2SiZr. The molecule has 250 valence electrons. The van der Waals surface area contributed by atoms with Gasteiger partial charge in [-0.05, 0) is 47.9 Å². The average molecular weight is 771 g/mol. The van der Waals surface area contributed by atoms with Gasteiger partial charge >= 0.3 is 37.9 Å². The molecule has 0 aliphatic heterocycles. The van der Waals surface area contributed by atoms with Gasteiger partial charge in [-0.25, -0.2) is 0 Å². The van der Waals surface area contributed by atoms with Crippen molar-refractivity contribution in [1.29, 1.82) is 0 Å². The van der Waals surface area contributed by atoms with Crippen molar-refractivity contribution in [1.82, 2.24) is 0 Å². The molecule has 0 N–H and O–H groups in total. The van der Waals surface area contributed by atoms with Crippen molar-refractivity contribution < 1.29 is 20.8 Å². The number of fused-ring (bicyclic) bond motifs is 2. The molecule has 0 aliphatic rings. The Bertz CT molecular complexity index is 1610. The number of unbranched alkanes of at least 4 members (excludes halogenated alkanes) is 2. The molecule has 0 saturated carbocycles. The summed E-state index contributed by atoms with van der Waals surface area (Å²) in [5.74, 6) is 0. The number of benzene rings is 4. The number of rotatable bonds is 10. The molecule has 6 rings (SSSR count). The fraction of sp³-hybridized carbons (Fsp3) is 0.318. The second-order valence-electron chi connectivity index (χ2n) is 12.2. The Morgan fingerprint density at radius 2 is 0.917 bits per heavy atom. The van der Waals surface area contributed by atoms with Gasteiger partial charge in [0.1, 0.15) is 0 Å². The van der Waals surface area contributed by atoms with Gasteiger partial charge in [0.15, 0.2) is 0 Å². The topological polar surface area (TPSA) is 0 Å². The summed E-state index contributed by atoms with van der Waals surface area (Å²) in [6.07, 6.45) is 9.65. The van der Waals surface area contributed by atoms with E-state index in [0.29, 0.717) is 0 Å². The molecule has 0 nitrogen and oxygen atoms in total. The van der Waals surface area contributed by atoms with Crippen LogP contribution in [0.2, 0.25) is 13.1 Å². The van der Waals surface area contributed by atoms with Crippen LogP contribution < -0.4 is 0 Å². The van der Waals surface area contributed by atoms with E-state index >= 15 is 0 Å². The molecule has 4 heteroatoms. The SMILES string of the molecule is CCCCc1cc2c(-c3ccc(CC)cc3)cccc2[cH-]1.CCCCc1cc2c(-c3ccc(CC)cc3)cccc2[cH-]1.C[Si]C.[Cl][Zr+2][Cl]. The molecule has 0 amide bonds. The van der Waals surface area contributed by atoms with Crippen LogP contribution in [0.3, 0.4) is 0 Å². The molecule has 0 heterocycles. The van der Waals surface area contributed by atoms with Crippen molar-refractivity contribution in [2.75, 3.05) is 0 Å². The van der Waals surface area contributed by atoms with E-state index in [1.54, 1.807) is 0 Å². The van der Waals surface area contributed by atoms with Crippen molar-refractivity contribution in [3.8, 4) is 22.3 Å². The van der Waals surface area contributed by atoms with E-state index in [1.165, 1.54) is 105 Å². The maximum atomic E-state index is 4.93. The van der Waals surface area contributed by atoms with Gasteiger partial charge in [-0.1, -0.05) is 138 Å². The Morgan fingerprint density at radius 1 is 0.562 bits per heavy atom. The molecule has 2 radical (unpaired) electrons. The number of halogens is 2. The summed E-state index contributed by atoms with van der Waals surface area (Å²) in [6, 6.07) is 40.8. The molecular weight excluding hydrogens is 719 g/mol. The minimum atomic E-state index is -0.826. The second-order valence-corrected chi connectivity index (χ2v) is 17.0. The molecule has 48 heavy (non-hydrogen) atoms. The Morgan fingerprint density at radius 3 is 1.23 bits per heavy atom. The first-order valence-electron chi connectivity index (χ1n) is 17.6. The zero-order valence-electron chi connectivity index (χ0n) is 29.8. The van der Waals surface area contributed by atoms with E-state index in [-0.39, 0.29) is 0 Å². The van der Waals surface area contributed by atoms with Gasteiger partial charge < -0.3 is 0 Å². The van der Waals surface area contributed by atoms with Crippen molar-refractivity contribution in [2.24, 2.45) is 0 Å². The average Bonchev–Trinajstić information content (AvgIpc) is 3.75. The minimum absolute atomic E-state index is 0.826. The third-order valence-corrected chi connectivity index (χ3v) is 8.61. The van der Waals surface area contributed by atoms with Gasteiger partial charge in [0.05, 0.1) is 0 Å². The maximum absolute atomic E-state index is 4.93. The number of hydrogen-bond donors (Lipinski definition) is 0. The summed E-state index contributed by atoms with van der Waals surface area (Å²) in [5.41, 5.74) is 11.1. The Hall–Kier alpha value is -2.22. The third kappa shape index (κ3) is 12.0. The van der Waals surface area contributed by atoms with E-state index in [4.69, 9.17) is 17.0 Å². The molecule has 6 aromatic carbocycles. The van der Waals surface area contributed by atoms with Gasteiger partial charge in [-0.3, -0.25) is 0 Å². The summed E-state index contributed by atoms with van der Waals surface area (Å²) < 4.78 is 0. The van der Waals surface area contributed by atoms with Crippen LogP contribution in [0.15, 0.2) is 109 Å². The Labute approximate surface area is 312 Å². The van der Waals surface area contributed by atoms with Gasteiger partial charge in [-0.15, -0.1) is 69.1 Å². The van der Waals surface area contributed by atoms with Gasteiger partial charge in [0.25, 0.3) is 0 Å². The van der Waals surface area contributed by atoms with E-state index in [1.807, 2.05) is 0 Å². The standard InChI is InChI=1S/2C21H23.C2H6Si.2ClH.Zr/c2*1-3-5-7-17-14-19-8-6-9-20(21(19)15-17)18-12-10-16(4-2)11-13-18;1-3-2;;;/h2*6,8-15H,3-5,7H2,1-2H3;1-2H3;2*1H;/q2*-1;;;;+4/p-2. The van der Waals surface area contributed by atoms with E-state index in [0.717, 1.165) is 22.4 Å². The van der Waals surface area contributed by atoms with E-state index < -0.39 is 20.8 Å². The zero-order chi connectivity index (χ0) is 34.7. The fourth-order valence-corrected chi connectivity index (χ4v) is 5.99. The summed E-state index contributed by atoms with van der Waals surface area (Å²) in [5, 5.41) is 5.54. The predicted molar refractivity (Wildman–Crippen MR) is 215 cm³/mol. The fourth-order valence-electron chi connectivity index (χ4n) is 5.99. The first kappa shape index (κ1) is 40.2. The van der Waals surface area contributed by atoms with Crippen LogP contribution in [-0.4, -0.2) is 9.52 Å². The molecule has 6 aromatic rings. The molecule has 0 bridgehead atoms. The van der Waals surface area contributed by atoms with Crippen LogP contribution in [0.4, 0.5) is 0 Å². The van der Waals surface area contributed by atoms with E-state index in [2.05, 4.69) is 150 Å². The summed E-state index contributed by atoms with van der Waals surface area (Å²) in [7, 11) is 11.0. The van der Waals surface area contributed by atoms with Crippen molar-refractivity contribution in [3.63, 3.8) is 0 Å². The van der Waals surface area contributed by atoms with Crippen molar-refractivity contribution in [2.45, 2.75) is 92.2 Å². The molecule has 0 unspecified atom stereocenters. The van der Waals surface area contributed by atoms with Crippen LogP contribution in [0.1, 0.15) is 75.6 Å². The number of hydrogen-bond acceptors (Lipinski definition) is 0. The third-order valence-electron chi connectivity index (χ3n) is 8.61. The number of aryl methyl sites for hydroxylation is 4. The summed E-state index contributed by atoms with van der Waals surface area (Å²) in [4.78, 5) is 0. The van der Waals surface area contributed by atoms with Gasteiger partial charge in [0.2, 0.25) is 0 Å². The first-order chi connectivity index (χ1) is 23.5. The zero-order valence-corrected chi connectivity index (χ0v) is 34.8. The molecule has 0 spiro atoms. The van der Waals surface area contributed by atoms with Gasteiger partial charge in [-0.2, -0.15) is 12.1 Å². The van der Waals surface area contributed by atoms with Crippen LogP contribution in [0, 0.1) is 0 Å². The quantitative estimate of drug-likeness (QED) is 0.0961. The van der Waals surface area contributed by atoms with Crippen LogP contribution in [-0.2, 0) is 46.5 Å². The van der Waals surface area contributed by atoms with Gasteiger partial charge in [0, 0.05) is 9.52 Å². The molecule has 0 fully saturated rings. The second kappa shape index (κ2) is 22.5. The molecule has 0 aliphatic carbocycles. The Balaban J connectivity index is 0.000000224. The normalized spacial score (nSPS) is 10.3. The summed E-state index contributed by atoms with van der Waals surface area (Å²) in [6.45, 7) is 13.2. The Kier molecular flexibility index (Phi) is 18.8. The first-order valence-corrected chi connectivity index (χ1v) is 25.9. The van der Waals surface area contributed by atoms with Crippen LogP contribution >= 0.6 is 17.0 Å². The van der Waals surface area contributed by atoms with Crippen molar-refractivity contribution >= 4 is 48.1 Å². The van der Waals surface area contributed by atoms with Crippen LogP contribution in [0.25, 0.3) is 43.8 Å². The molecule has 0 aromatic heterocycles. The monoisotopic (exact) mass is 768 g/mol. The molecule has 0 atom stereocenters. The molecule has 0 saturated heterocycles. The summed E-state index contributed by atoms with van der Waals surface area (Å²) >= 11 is -0.826. The van der Waals surface area contributed by atoms with Crippen LogP contribution in [0.5, 0.6) is 0 Å². The van der Waals surface area contributed by atoms with E-state index in [9.17, 15) is 0 Å².